The molecule has 5 rings (SSSR count). The number of nitrogens with zero attached hydrogens (tertiary/aromatic N) is 2. The number of halogens is 5. The van der Waals surface area contributed by atoms with Crippen molar-refractivity contribution < 1.29 is 26.7 Å². The van der Waals surface area contributed by atoms with Crippen molar-refractivity contribution in [2.24, 2.45) is 0 Å². The van der Waals surface area contributed by atoms with Crippen molar-refractivity contribution in [2.75, 3.05) is 0 Å². The van der Waals surface area contributed by atoms with E-state index in [-0.39, 0.29) is 21.3 Å². The van der Waals surface area contributed by atoms with Crippen LogP contribution in [0.4, 0.5) is 13.2 Å². The molecule has 0 fully saturated rings. The lowest BCUT2D eigenvalue weighted by atomic mass is 9.94. The third kappa shape index (κ3) is 5.83. The second-order valence-electron chi connectivity index (χ2n) is 9.26. The average Bonchev–Trinajstić information content (AvgIpc) is 3.36. The average molecular weight is 639 g/mol. The maximum Gasteiger partial charge on any atom is 0.421 e. The van der Waals surface area contributed by atoms with Crippen LogP contribution in [0.5, 0.6) is 0 Å². The number of pyridine rings is 2. The van der Waals surface area contributed by atoms with Crippen molar-refractivity contribution in [3.8, 4) is 11.3 Å². The topological polar surface area (TPSA) is 92.2 Å². The fourth-order valence-corrected chi connectivity index (χ4v) is 7.02. The zero-order valence-electron chi connectivity index (χ0n) is 21.0. The predicted octanol–water partition coefficient (Wildman–Crippen LogP) is 7.50. The molecule has 0 radical (unpaired) electrons. The minimum absolute atomic E-state index is 0.0986. The largest absolute Gasteiger partial charge is 0.421 e. The minimum Gasteiger partial charge on any atom is -0.376 e. The molecule has 1 unspecified atom stereocenters. The molecular formula is C28H20Cl2F3N3O3S2. The van der Waals surface area contributed by atoms with Gasteiger partial charge >= 0.3 is 6.18 Å². The van der Waals surface area contributed by atoms with E-state index in [1.54, 1.807) is 48.5 Å². The number of rotatable bonds is 7. The summed E-state index contributed by atoms with van der Waals surface area (Å²) in [6.45, 7) is 0.687. The fraction of sp³-hybridized carbons (Fsp3) is 0.143. The van der Waals surface area contributed by atoms with Crippen LogP contribution in [0.1, 0.15) is 29.0 Å². The van der Waals surface area contributed by atoms with Gasteiger partial charge in [-0.05, 0) is 59.8 Å². The van der Waals surface area contributed by atoms with E-state index >= 15 is 0 Å². The number of hydrogen-bond donors (Lipinski definition) is 2. The SMILES string of the molecule is C[C@@](O)(c1ccnc(-c2cccc3cc(C(NS(=O)(=O)c4ccc(Cl)nc4)c4ccccc4Cl)sc23)c1)C(F)(F)F. The number of aromatic nitrogens is 2. The molecule has 0 saturated carbocycles. The smallest absolute Gasteiger partial charge is 0.376 e. The van der Waals surface area contributed by atoms with Crippen LogP contribution in [0.15, 0.2) is 90.1 Å². The van der Waals surface area contributed by atoms with Gasteiger partial charge in [0.05, 0.1) is 11.7 Å². The highest BCUT2D eigenvalue weighted by Crippen LogP contribution is 2.42. The van der Waals surface area contributed by atoms with Crippen LogP contribution in [0.25, 0.3) is 21.3 Å². The Labute approximate surface area is 247 Å². The van der Waals surface area contributed by atoms with E-state index in [0.717, 1.165) is 12.3 Å². The summed E-state index contributed by atoms with van der Waals surface area (Å²) in [6.07, 6.45) is -2.54. The van der Waals surface area contributed by atoms with Crippen LogP contribution in [-0.4, -0.2) is 29.7 Å². The lowest BCUT2D eigenvalue weighted by Gasteiger charge is -2.26. The first kappa shape index (κ1) is 29.4. The van der Waals surface area contributed by atoms with E-state index in [1.165, 1.54) is 35.7 Å². The predicted molar refractivity (Wildman–Crippen MR) is 154 cm³/mol. The van der Waals surface area contributed by atoms with Gasteiger partial charge in [-0.25, -0.2) is 13.4 Å². The molecule has 6 nitrogen and oxygen atoms in total. The van der Waals surface area contributed by atoms with Crippen LogP contribution in [-0.2, 0) is 15.6 Å². The molecule has 212 valence electrons. The first-order valence-corrected chi connectivity index (χ1v) is 15.0. The molecule has 0 bridgehead atoms. The van der Waals surface area contributed by atoms with Gasteiger partial charge in [-0.15, -0.1) is 11.3 Å². The van der Waals surface area contributed by atoms with Crippen LogP contribution < -0.4 is 4.72 Å². The number of nitrogens with one attached hydrogen (secondary N) is 1. The molecule has 0 aliphatic carbocycles. The summed E-state index contributed by atoms with van der Waals surface area (Å²) in [7, 11) is -4.09. The molecule has 0 spiro atoms. The number of alkyl halides is 3. The number of benzene rings is 2. The van der Waals surface area contributed by atoms with E-state index in [1.807, 2.05) is 0 Å². The van der Waals surface area contributed by atoms with Gasteiger partial charge in [-0.2, -0.15) is 17.9 Å². The van der Waals surface area contributed by atoms with Crippen molar-refractivity contribution in [1.29, 1.82) is 0 Å². The van der Waals surface area contributed by atoms with Crippen LogP contribution in [0.2, 0.25) is 10.2 Å². The number of aliphatic hydroxyl groups is 1. The van der Waals surface area contributed by atoms with Gasteiger partial charge in [0.2, 0.25) is 10.0 Å². The summed E-state index contributed by atoms with van der Waals surface area (Å²) in [6, 6.07) is 17.9. The highest BCUT2D eigenvalue weighted by molar-refractivity contribution is 7.89. The number of fused-ring (bicyclic) bond motifs is 1. The molecule has 3 aromatic heterocycles. The maximum atomic E-state index is 13.5. The van der Waals surface area contributed by atoms with Crippen molar-refractivity contribution in [3.63, 3.8) is 0 Å². The summed E-state index contributed by atoms with van der Waals surface area (Å²) in [5.74, 6) is 0. The second-order valence-corrected chi connectivity index (χ2v) is 12.9. The standard InChI is InChI=1S/C28H20Cl2F3N3O3S2/c1-27(37,28(31,32)33)17-11-12-34-22(14-17)20-7-4-5-16-13-23(40-26(16)20)25(19-6-2-3-8-21(19)29)36-41(38,39)18-9-10-24(30)35-15-18/h2-15,25,36-37H,1H3/t25?,27-/m1/s1. The number of sulfonamides is 1. The van der Waals surface area contributed by atoms with Crippen LogP contribution in [0.3, 0.4) is 0 Å². The van der Waals surface area contributed by atoms with E-state index in [9.17, 15) is 26.7 Å². The molecule has 5 aromatic rings. The van der Waals surface area contributed by atoms with Gasteiger partial charge in [0, 0.05) is 32.6 Å². The fourth-order valence-electron chi connectivity index (χ4n) is 4.20. The van der Waals surface area contributed by atoms with Gasteiger partial charge < -0.3 is 5.11 Å². The monoisotopic (exact) mass is 637 g/mol. The summed E-state index contributed by atoms with van der Waals surface area (Å²) < 4.78 is 70.7. The first-order chi connectivity index (χ1) is 19.3. The number of hydrogen-bond acceptors (Lipinski definition) is 6. The molecule has 0 aliphatic rings. The van der Waals surface area contributed by atoms with E-state index in [4.69, 9.17) is 23.2 Å². The van der Waals surface area contributed by atoms with Crippen LogP contribution >= 0.6 is 34.5 Å². The van der Waals surface area contributed by atoms with Gasteiger partial charge in [0.15, 0.2) is 5.60 Å². The lowest BCUT2D eigenvalue weighted by molar-refractivity contribution is -0.258. The molecule has 2 aromatic carbocycles. The Morgan fingerprint density at radius 3 is 2.41 bits per heavy atom. The van der Waals surface area contributed by atoms with Crippen LogP contribution in [0, 0.1) is 0 Å². The van der Waals surface area contributed by atoms with Crippen molar-refractivity contribution >= 4 is 54.6 Å². The highest BCUT2D eigenvalue weighted by Gasteiger charge is 2.51. The Bertz CT molecular complexity index is 1840. The summed E-state index contributed by atoms with van der Waals surface area (Å²) in [4.78, 5) is 8.60. The second kappa shape index (κ2) is 11.0. The minimum atomic E-state index is -4.90. The van der Waals surface area contributed by atoms with Gasteiger partial charge in [0.1, 0.15) is 10.0 Å². The Balaban J connectivity index is 1.63. The van der Waals surface area contributed by atoms with Crippen molar-refractivity contribution in [3.05, 3.63) is 111 Å². The lowest BCUT2D eigenvalue weighted by Crippen LogP contribution is -2.39. The van der Waals surface area contributed by atoms with E-state index in [2.05, 4.69) is 14.7 Å². The molecule has 2 atom stereocenters. The summed E-state index contributed by atoms with van der Waals surface area (Å²) in [5, 5.41) is 11.4. The third-order valence-corrected chi connectivity index (χ3v) is 9.72. The highest BCUT2D eigenvalue weighted by atomic mass is 35.5. The Hall–Kier alpha value is -3.06. The Morgan fingerprint density at radius 1 is 0.976 bits per heavy atom. The molecule has 2 N–H and O–H groups in total. The zero-order valence-corrected chi connectivity index (χ0v) is 24.2. The number of thiophene rings is 1. The Kier molecular flexibility index (Phi) is 7.88. The molecule has 0 saturated heterocycles. The molecule has 3 heterocycles. The van der Waals surface area contributed by atoms with Gasteiger partial charge in [-0.1, -0.05) is 59.6 Å². The first-order valence-electron chi connectivity index (χ1n) is 11.9. The van der Waals surface area contributed by atoms with E-state index in [0.29, 0.717) is 38.0 Å². The molecule has 41 heavy (non-hydrogen) atoms. The van der Waals surface area contributed by atoms with Crippen molar-refractivity contribution in [2.45, 2.75) is 29.6 Å². The third-order valence-electron chi connectivity index (χ3n) is 6.50. The summed E-state index contributed by atoms with van der Waals surface area (Å²) in [5.41, 5.74) is -2.21. The quantitative estimate of drug-likeness (QED) is 0.180. The Morgan fingerprint density at radius 2 is 1.73 bits per heavy atom. The maximum absolute atomic E-state index is 13.5. The van der Waals surface area contributed by atoms with Crippen molar-refractivity contribution in [1.82, 2.24) is 14.7 Å². The summed E-state index contributed by atoms with van der Waals surface area (Å²) >= 11 is 13.6. The molecule has 0 amide bonds. The zero-order chi connectivity index (χ0) is 29.6. The van der Waals surface area contributed by atoms with Gasteiger partial charge in [0.25, 0.3) is 0 Å². The normalized spacial score (nSPS) is 14.6. The molecule has 0 aliphatic heterocycles. The van der Waals surface area contributed by atoms with E-state index < -0.39 is 27.8 Å². The molecule has 13 heteroatoms. The molecular weight excluding hydrogens is 618 g/mol. The van der Waals surface area contributed by atoms with Gasteiger partial charge in [-0.3, -0.25) is 4.98 Å².